The van der Waals surface area contributed by atoms with Crippen LogP contribution < -0.4 is 10.5 Å². The van der Waals surface area contributed by atoms with Crippen LogP contribution in [0.5, 0.6) is 5.75 Å². The maximum Gasteiger partial charge on any atom is 0.240 e. The van der Waals surface area contributed by atoms with Gasteiger partial charge >= 0.3 is 0 Å². The van der Waals surface area contributed by atoms with Gasteiger partial charge in [-0.3, -0.25) is 0 Å². The molecule has 1 aliphatic carbocycles. The predicted octanol–water partition coefficient (Wildman–Crippen LogP) is 0.558. The molecule has 1 saturated carbocycles. The van der Waals surface area contributed by atoms with Gasteiger partial charge in [0.25, 0.3) is 0 Å². The first-order valence-electron chi connectivity index (χ1n) is 6.13. The molecule has 0 spiro atoms. The molecule has 0 bridgehead atoms. The van der Waals surface area contributed by atoms with E-state index in [-0.39, 0.29) is 22.9 Å². The molecule has 0 heterocycles. The SMILES string of the molecule is Nc1cc(S(=O)(=O)NCC2(O)CCCC2)ccc1O. The van der Waals surface area contributed by atoms with Crippen molar-refractivity contribution in [1.29, 1.82) is 0 Å². The van der Waals surface area contributed by atoms with Gasteiger partial charge in [0, 0.05) is 6.54 Å². The zero-order valence-electron chi connectivity index (χ0n) is 10.5. The maximum atomic E-state index is 12.0. The highest BCUT2D eigenvalue weighted by Gasteiger charge is 2.32. The van der Waals surface area contributed by atoms with Crippen LogP contribution in [0.3, 0.4) is 0 Å². The van der Waals surface area contributed by atoms with Gasteiger partial charge in [0.1, 0.15) is 5.75 Å². The molecule has 0 amide bonds. The van der Waals surface area contributed by atoms with Gasteiger partial charge in [-0.15, -0.1) is 0 Å². The minimum atomic E-state index is -3.73. The molecule has 106 valence electrons. The van der Waals surface area contributed by atoms with Crippen molar-refractivity contribution in [3.63, 3.8) is 0 Å². The third kappa shape index (κ3) is 3.17. The van der Waals surface area contributed by atoms with Crippen LogP contribution in [0.4, 0.5) is 5.69 Å². The van der Waals surface area contributed by atoms with Gasteiger partial charge in [0.2, 0.25) is 10.0 Å². The fourth-order valence-corrected chi connectivity index (χ4v) is 3.38. The van der Waals surface area contributed by atoms with Gasteiger partial charge in [0.05, 0.1) is 16.2 Å². The van der Waals surface area contributed by atoms with Crippen LogP contribution in [-0.4, -0.2) is 30.8 Å². The fraction of sp³-hybridized carbons (Fsp3) is 0.500. The lowest BCUT2D eigenvalue weighted by atomic mass is 10.0. The van der Waals surface area contributed by atoms with Gasteiger partial charge in [-0.05, 0) is 31.0 Å². The molecular weight excluding hydrogens is 268 g/mol. The average molecular weight is 286 g/mol. The van der Waals surface area contributed by atoms with E-state index < -0.39 is 15.6 Å². The number of anilines is 1. The third-order valence-electron chi connectivity index (χ3n) is 3.43. The summed E-state index contributed by atoms with van der Waals surface area (Å²) in [6, 6.07) is 3.69. The predicted molar refractivity (Wildman–Crippen MR) is 71.1 cm³/mol. The first-order valence-corrected chi connectivity index (χ1v) is 7.61. The third-order valence-corrected chi connectivity index (χ3v) is 4.83. The summed E-state index contributed by atoms with van der Waals surface area (Å²) < 4.78 is 26.5. The average Bonchev–Trinajstić information content (AvgIpc) is 2.78. The summed E-state index contributed by atoms with van der Waals surface area (Å²) in [4.78, 5) is -0.0237. The number of phenolic OH excluding ortho intramolecular Hbond substituents is 1. The summed E-state index contributed by atoms with van der Waals surface area (Å²) in [5.41, 5.74) is 4.52. The molecule has 5 N–H and O–H groups in total. The number of nitrogens with one attached hydrogen (secondary N) is 1. The van der Waals surface area contributed by atoms with Gasteiger partial charge in [-0.2, -0.15) is 0 Å². The number of aliphatic hydroxyl groups is 1. The Bertz CT molecular complexity index is 565. The molecule has 1 aromatic carbocycles. The maximum absolute atomic E-state index is 12.0. The number of rotatable bonds is 4. The van der Waals surface area contributed by atoms with E-state index in [4.69, 9.17) is 5.73 Å². The molecule has 7 heteroatoms. The Labute approximate surface area is 112 Å². The zero-order valence-corrected chi connectivity index (χ0v) is 11.3. The van der Waals surface area contributed by atoms with Crippen LogP contribution >= 0.6 is 0 Å². The van der Waals surface area contributed by atoms with Crippen LogP contribution in [0.1, 0.15) is 25.7 Å². The number of hydrogen-bond donors (Lipinski definition) is 4. The van der Waals surface area contributed by atoms with Gasteiger partial charge < -0.3 is 15.9 Å². The molecular formula is C12H18N2O4S. The summed E-state index contributed by atoms with van der Waals surface area (Å²) in [6.07, 6.45) is 3.02. The fourth-order valence-electron chi connectivity index (χ4n) is 2.22. The van der Waals surface area contributed by atoms with Crippen molar-refractivity contribution in [2.75, 3.05) is 12.3 Å². The number of sulfonamides is 1. The molecule has 0 aromatic heterocycles. The summed E-state index contributed by atoms with van der Waals surface area (Å²) in [7, 11) is -3.73. The molecule has 2 rings (SSSR count). The second kappa shape index (κ2) is 4.99. The number of phenols is 1. The summed E-state index contributed by atoms with van der Waals surface area (Å²) in [5, 5.41) is 19.4. The zero-order chi connectivity index (χ0) is 14.1. The van der Waals surface area contributed by atoms with E-state index >= 15 is 0 Å². The van der Waals surface area contributed by atoms with Crippen LogP contribution in [0.25, 0.3) is 0 Å². The number of nitrogens with two attached hydrogens (primary N) is 1. The normalized spacial score (nSPS) is 18.6. The van der Waals surface area contributed by atoms with Crippen molar-refractivity contribution in [2.45, 2.75) is 36.2 Å². The first-order chi connectivity index (χ1) is 8.82. The Morgan fingerprint density at radius 3 is 2.53 bits per heavy atom. The van der Waals surface area contributed by atoms with Crippen LogP contribution in [0, 0.1) is 0 Å². The summed E-state index contributed by atoms with van der Waals surface area (Å²) in [6.45, 7) is -0.00385. The molecule has 1 aliphatic rings. The van der Waals surface area contributed by atoms with E-state index in [1.54, 1.807) is 0 Å². The van der Waals surface area contributed by atoms with E-state index in [1.807, 2.05) is 0 Å². The quantitative estimate of drug-likeness (QED) is 0.477. The molecule has 0 radical (unpaired) electrons. The number of aromatic hydroxyl groups is 1. The second-order valence-corrected chi connectivity index (χ2v) is 6.74. The van der Waals surface area contributed by atoms with Crippen molar-refractivity contribution in [3.05, 3.63) is 18.2 Å². The Morgan fingerprint density at radius 1 is 1.32 bits per heavy atom. The minimum Gasteiger partial charge on any atom is -0.506 e. The van der Waals surface area contributed by atoms with E-state index in [0.717, 1.165) is 12.8 Å². The topological polar surface area (TPSA) is 113 Å². The highest BCUT2D eigenvalue weighted by Crippen LogP contribution is 2.29. The van der Waals surface area contributed by atoms with Gasteiger partial charge in [-0.25, -0.2) is 13.1 Å². The molecule has 19 heavy (non-hydrogen) atoms. The molecule has 6 nitrogen and oxygen atoms in total. The largest absolute Gasteiger partial charge is 0.506 e. The summed E-state index contributed by atoms with van der Waals surface area (Å²) in [5.74, 6) is -0.159. The van der Waals surface area contributed by atoms with Crippen molar-refractivity contribution in [3.8, 4) is 5.75 Å². The van der Waals surface area contributed by atoms with Crippen LogP contribution in [-0.2, 0) is 10.0 Å². The Hall–Kier alpha value is -1.31. The second-order valence-electron chi connectivity index (χ2n) is 4.98. The Kier molecular flexibility index (Phi) is 3.71. The van der Waals surface area contributed by atoms with Crippen molar-refractivity contribution in [1.82, 2.24) is 4.72 Å². The van der Waals surface area contributed by atoms with E-state index in [1.165, 1.54) is 18.2 Å². The highest BCUT2D eigenvalue weighted by molar-refractivity contribution is 7.89. The molecule has 1 fully saturated rings. The summed E-state index contributed by atoms with van der Waals surface area (Å²) >= 11 is 0. The first kappa shape index (κ1) is 14.1. The van der Waals surface area contributed by atoms with E-state index in [2.05, 4.69) is 4.72 Å². The van der Waals surface area contributed by atoms with Crippen molar-refractivity contribution in [2.24, 2.45) is 0 Å². The molecule has 0 saturated heterocycles. The smallest absolute Gasteiger partial charge is 0.240 e. The number of hydrogen-bond acceptors (Lipinski definition) is 5. The Balaban J connectivity index is 2.11. The van der Waals surface area contributed by atoms with Crippen LogP contribution in [0.15, 0.2) is 23.1 Å². The van der Waals surface area contributed by atoms with Gasteiger partial charge in [0.15, 0.2) is 0 Å². The molecule has 0 aliphatic heterocycles. The monoisotopic (exact) mass is 286 g/mol. The standard InChI is InChI=1S/C12H18N2O4S/c13-10-7-9(3-4-11(10)15)19(17,18)14-8-12(16)5-1-2-6-12/h3-4,7,14-16H,1-2,5-6,8,13H2. The highest BCUT2D eigenvalue weighted by atomic mass is 32.2. The van der Waals surface area contributed by atoms with Gasteiger partial charge in [-0.1, -0.05) is 12.8 Å². The molecule has 0 unspecified atom stereocenters. The number of benzene rings is 1. The lowest BCUT2D eigenvalue weighted by Crippen LogP contribution is -2.40. The lowest BCUT2D eigenvalue weighted by molar-refractivity contribution is 0.0532. The minimum absolute atomic E-state index is 0.00227. The van der Waals surface area contributed by atoms with Crippen molar-refractivity contribution < 1.29 is 18.6 Å². The van der Waals surface area contributed by atoms with Crippen molar-refractivity contribution >= 4 is 15.7 Å². The van der Waals surface area contributed by atoms with E-state index in [9.17, 15) is 18.6 Å². The lowest BCUT2D eigenvalue weighted by Gasteiger charge is -2.22. The molecule has 1 aromatic rings. The van der Waals surface area contributed by atoms with E-state index in [0.29, 0.717) is 12.8 Å². The number of nitrogen functional groups attached to an aromatic ring is 1. The van der Waals surface area contributed by atoms with Crippen LogP contribution in [0.2, 0.25) is 0 Å². The Morgan fingerprint density at radius 2 is 1.95 bits per heavy atom. The molecule has 0 atom stereocenters.